The maximum atomic E-state index is 11.7. The number of hydrogen-bond donors (Lipinski definition) is 2. The fourth-order valence-corrected chi connectivity index (χ4v) is 2.86. The van der Waals surface area contributed by atoms with Crippen molar-refractivity contribution in [1.82, 2.24) is 5.32 Å². The van der Waals surface area contributed by atoms with Crippen LogP contribution in [0.1, 0.15) is 46.5 Å². The molecule has 0 aromatic carbocycles. The van der Waals surface area contributed by atoms with Crippen LogP contribution in [-0.2, 0) is 14.3 Å². The smallest absolute Gasteiger partial charge is 0.249 e. The average Bonchev–Trinajstić information content (AvgIpc) is 2.40. The molecule has 5 nitrogen and oxygen atoms in total. The zero-order valence-electron chi connectivity index (χ0n) is 13.3. The summed E-state index contributed by atoms with van der Waals surface area (Å²) in [5.74, 6) is 1.13. The van der Waals surface area contributed by atoms with Crippen molar-refractivity contribution >= 4 is 11.8 Å². The van der Waals surface area contributed by atoms with Gasteiger partial charge in [0.2, 0.25) is 11.8 Å². The first-order chi connectivity index (χ1) is 9.90. The molecule has 0 aliphatic heterocycles. The van der Waals surface area contributed by atoms with E-state index in [-0.39, 0.29) is 25.0 Å². The standard InChI is InChI=1S/C16H28N2O3/c1-11(2)13-7-6-12(3)9-14(13)21-10-16(20)18-8-4-5-15(17)19/h4,8,11-14H,5-7,9-10H2,1-3H3,(H2,17,19)(H,18,20). The molecule has 0 heterocycles. The van der Waals surface area contributed by atoms with Crippen molar-refractivity contribution < 1.29 is 14.3 Å². The molecule has 3 N–H and O–H groups in total. The van der Waals surface area contributed by atoms with Crippen molar-refractivity contribution in [2.24, 2.45) is 23.5 Å². The zero-order chi connectivity index (χ0) is 15.8. The Balaban J connectivity index is 2.35. The molecule has 120 valence electrons. The summed E-state index contributed by atoms with van der Waals surface area (Å²) in [7, 11) is 0. The molecule has 1 fully saturated rings. The van der Waals surface area contributed by atoms with E-state index in [1.165, 1.54) is 25.1 Å². The lowest BCUT2D eigenvalue weighted by atomic mass is 9.75. The molecule has 0 saturated heterocycles. The molecule has 1 aliphatic carbocycles. The summed E-state index contributed by atoms with van der Waals surface area (Å²) in [4.78, 5) is 22.2. The Kier molecular flexibility index (Phi) is 7.43. The first kappa shape index (κ1) is 17.7. The molecule has 3 atom stereocenters. The van der Waals surface area contributed by atoms with E-state index in [0.29, 0.717) is 17.8 Å². The number of hydrogen-bond acceptors (Lipinski definition) is 3. The highest BCUT2D eigenvalue weighted by atomic mass is 16.5. The molecule has 0 bridgehead atoms. The fraction of sp³-hybridized carbons (Fsp3) is 0.750. The molecule has 21 heavy (non-hydrogen) atoms. The molecule has 1 aliphatic rings. The summed E-state index contributed by atoms with van der Waals surface area (Å²) in [5, 5.41) is 2.58. The number of amides is 2. The Bertz CT molecular complexity index is 380. The van der Waals surface area contributed by atoms with Gasteiger partial charge >= 0.3 is 0 Å². The van der Waals surface area contributed by atoms with Crippen LogP contribution in [0.3, 0.4) is 0 Å². The summed E-state index contributed by atoms with van der Waals surface area (Å²) < 4.78 is 5.83. The van der Waals surface area contributed by atoms with Gasteiger partial charge < -0.3 is 15.8 Å². The van der Waals surface area contributed by atoms with E-state index < -0.39 is 5.91 Å². The molecule has 5 heteroatoms. The van der Waals surface area contributed by atoms with Gasteiger partial charge in [0, 0.05) is 12.6 Å². The Labute approximate surface area is 127 Å². The van der Waals surface area contributed by atoms with Crippen molar-refractivity contribution in [1.29, 1.82) is 0 Å². The Hall–Kier alpha value is -1.36. The second-order valence-corrected chi connectivity index (χ2v) is 6.32. The van der Waals surface area contributed by atoms with Crippen LogP contribution >= 0.6 is 0 Å². The van der Waals surface area contributed by atoms with Gasteiger partial charge in [-0.3, -0.25) is 9.59 Å². The van der Waals surface area contributed by atoms with Crippen LogP contribution in [0.25, 0.3) is 0 Å². The van der Waals surface area contributed by atoms with Gasteiger partial charge in [0.25, 0.3) is 0 Å². The third kappa shape index (κ3) is 6.76. The van der Waals surface area contributed by atoms with Crippen molar-refractivity contribution in [3.63, 3.8) is 0 Å². The second-order valence-electron chi connectivity index (χ2n) is 6.32. The van der Waals surface area contributed by atoms with E-state index in [4.69, 9.17) is 10.5 Å². The number of carbonyl (C=O) groups is 2. The summed E-state index contributed by atoms with van der Waals surface area (Å²) in [6.07, 6.45) is 6.69. The third-order valence-electron chi connectivity index (χ3n) is 4.07. The zero-order valence-corrected chi connectivity index (χ0v) is 13.3. The van der Waals surface area contributed by atoms with Gasteiger partial charge in [-0.05, 0) is 30.6 Å². The Morgan fingerprint density at radius 2 is 2.10 bits per heavy atom. The van der Waals surface area contributed by atoms with Gasteiger partial charge in [0.15, 0.2) is 0 Å². The highest BCUT2D eigenvalue weighted by Gasteiger charge is 2.31. The predicted molar refractivity (Wildman–Crippen MR) is 82.2 cm³/mol. The Morgan fingerprint density at radius 1 is 1.38 bits per heavy atom. The summed E-state index contributed by atoms with van der Waals surface area (Å²) in [5.41, 5.74) is 4.99. The van der Waals surface area contributed by atoms with Crippen LogP contribution in [0.4, 0.5) is 0 Å². The topological polar surface area (TPSA) is 81.4 Å². The van der Waals surface area contributed by atoms with Crippen molar-refractivity contribution in [2.45, 2.75) is 52.6 Å². The van der Waals surface area contributed by atoms with Gasteiger partial charge in [-0.15, -0.1) is 0 Å². The van der Waals surface area contributed by atoms with E-state index in [1.54, 1.807) is 0 Å². The summed E-state index contributed by atoms with van der Waals surface area (Å²) >= 11 is 0. The van der Waals surface area contributed by atoms with Crippen LogP contribution in [0, 0.1) is 17.8 Å². The first-order valence-electron chi connectivity index (χ1n) is 7.74. The predicted octanol–water partition coefficient (Wildman–Crippen LogP) is 1.97. The largest absolute Gasteiger partial charge is 0.369 e. The molecule has 0 aromatic heterocycles. The van der Waals surface area contributed by atoms with Gasteiger partial charge in [-0.1, -0.05) is 33.3 Å². The van der Waals surface area contributed by atoms with Gasteiger partial charge in [-0.25, -0.2) is 0 Å². The van der Waals surface area contributed by atoms with Crippen LogP contribution < -0.4 is 11.1 Å². The van der Waals surface area contributed by atoms with Crippen LogP contribution in [-0.4, -0.2) is 24.5 Å². The lowest BCUT2D eigenvalue weighted by molar-refractivity contribution is -0.130. The highest BCUT2D eigenvalue weighted by Crippen LogP contribution is 2.35. The molecule has 2 amide bonds. The molecule has 3 unspecified atom stereocenters. The molecule has 0 spiro atoms. The van der Waals surface area contributed by atoms with Crippen LogP contribution in [0.15, 0.2) is 12.3 Å². The number of carbonyl (C=O) groups excluding carboxylic acids is 2. The maximum absolute atomic E-state index is 11.7. The second kappa shape index (κ2) is 8.82. The maximum Gasteiger partial charge on any atom is 0.249 e. The van der Waals surface area contributed by atoms with Crippen molar-refractivity contribution in [2.75, 3.05) is 6.61 Å². The average molecular weight is 296 g/mol. The molecular weight excluding hydrogens is 268 g/mol. The van der Waals surface area contributed by atoms with Gasteiger partial charge in [0.1, 0.15) is 6.61 Å². The van der Waals surface area contributed by atoms with E-state index in [0.717, 1.165) is 6.42 Å². The van der Waals surface area contributed by atoms with E-state index >= 15 is 0 Å². The number of rotatable bonds is 7. The summed E-state index contributed by atoms with van der Waals surface area (Å²) in [6.45, 7) is 6.72. The summed E-state index contributed by atoms with van der Waals surface area (Å²) in [6, 6.07) is 0. The normalized spacial score (nSPS) is 26.2. The minimum absolute atomic E-state index is 0.0571. The molecule has 1 rings (SSSR count). The quantitative estimate of drug-likeness (QED) is 0.753. The minimum Gasteiger partial charge on any atom is -0.369 e. The lowest BCUT2D eigenvalue weighted by Gasteiger charge is -2.37. The molecule has 0 aromatic rings. The third-order valence-corrected chi connectivity index (χ3v) is 4.07. The van der Waals surface area contributed by atoms with E-state index in [2.05, 4.69) is 26.1 Å². The van der Waals surface area contributed by atoms with Gasteiger partial charge in [0.05, 0.1) is 6.10 Å². The Morgan fingerprint density at radius 3 is 2.71 bits per heavy atom. The highest BCUT2D eigenvalue weighted by molar-refractivity contribution is 5.78. The fourth-order valence-electron chi connectivity index (χ4n) is 2.86. The van der Waals surface area contributed by atoms with E-state index in [9.17, 15) is 9.59 Å². The van der Waals surface area contributed by atoms with Crippen LogP contribution in [0.2, 0.25) is 0 Å². The molecule has 0 radical (unpaired) electrons. The van der Waals surface area contributed by atoms with E-state index in [1.807, 2.05) is 0 Å². The number of nitrogens with one attached hydrogen (secondary N) is 1. The number of primary amides is 1. The lowest BCUT2D eigenvalue weighted by Crippen LogP contribution is -2.36. The van der Waals surface area contributed by atoms with Crippen LogP contribution in [0.5, 0.6) is 0 Å². The molecular formula is C16H28N2O3. The minimum atomic E-state index is -0.423. The van der Waals surface area contributed by atoms with Gasteiger partial charge in [-0.2, -0.15) is 0 Å². The number of ether oxygens (including phenoxy) is 1. The van der Waals surface area contributed by atoms with Crippen molar-refractivity contribution in [3.8, 4) is 0 Å². The monoisotopic (exact) mass is 296 g/mol. The van der Waals surface area contributed by atoms with Crippen molar-refractivity contribution in [3.05, 3.63) is 12.3 Å². The first-order valence-corrected chi connectivity index (χ1v) is 7.74. The SMILES string of the molecule is CC1CCC(C(C)C)C(OCC(=O)NC=CCC(N)=O)C1. The number of nitrogens with two attached hydrogens (primary N) is 1. The molecule has 1 saturated carbocycles.